The van der Waals surface area contributed by atoms with Gasteiger partial charge in [0.05, 0.1) is 25.2 Å². The van der Waals surface area contributed by atoms with Gasteiger partial charge in [-0.15, -0.1) is 0 Å². The standard InChI is InChI=1S/C11H26B2O18P4/c12-10-8(16)6(14)4(28-10)1-26-34(22,23)30-32(18,19)3-33(20,21)31-35(24,25)27-2-5-7(15)9(17)11(13)29-5/h4-11,14-17H,1-3,12-13H2,(H,18,19)(H,20,21)(H,22,23)(H,24,25)/t4-,5-,6+,7?,8?,9?,10-,11-/m1/s1. The summed E-state index contributed by atoms with van der Waals surface area (Å²) in [6.45, 7) is -1.77. The zero-order valence-electron chi connectivity index (χ0n) is 18.2. The molecule has 24 heteroatoms. The van der Waals surface area contributed by atoms with Gasteiger partial charge in [-0.2, -0.15) is 0 Å². The van der Waals surface area contributed by atoms with Crippen LogP contribution in [-0.2, 0) is 45.4 Å². The summed E-state index contributed by atoms with van der Waals surface area (Å²) in [7, 11) is -19.1. The molecule has 2 rings (SSSR count). The summed E-state index contributed by atoms with van der Waals surface area (Å²) in [4.78, 5) is 38.6. The van der Waals surface area contributed by atoms with Gasteiger partial charge in [0, 0.05) is 0 Å². The lowest BCUT2D eigenvalue weighted by atomic mass is 9.93. The number of hydrogen-bond acceptors (Lipinski definition) is 14. The van der Waals surface area contributed by atoms with E-state index in [1.54, 1.807) is 0 Å². The third-order valence-electron chi connectivity index (χ3n) is 4.83. The molecule has 2 saturated heterocycles. The van der Waals surface area contributed by atoms with Crippen LogP contribution in [0, 0.1) is 0 Å². The van der Waals surface area contributed by atoms with Crippen LogP contribution in [-0.4, -0.2) is 123 Å². The SMILES string of the molecule is B[C@@H]1O[C@H](COP(=O)(O)OP(=O)(O)CP(=O)(O)OP(=O)(O)OC[C@H]2O[C@@H](B)C(O)[C@H]2O)C(O)C1O. The number of phosphoric ester groups is 2. The summed E-state index contributed by atoms with van der Waals surface area (Å²) in [6.07, 6.45) is -8.32. The molecule has 0 bridgehead atoms. The van der Waals surface area contributed by atoms with Gasteiger partial charge in [0.25, 0.3) is 0 Å². The van der Waals surface area contributed by atoms with Gasteiger partial charge in [-0.1, -0.05) is 0 Å². The molecule has 0 aromatic heterocycles. The molecule has 35 heavy (non-hydrogen) atoms. The molecular weight excluding hydrogens is 566 g/mol. The van der Waals surface area contributed by atoms with Crippen LogP contribution in [0.1, 0.15) is 0 Å². The summed E-state index contributed by atoms with van der Waals surface area (Å²) in [6, 6.07) is -1.71. The lowest BCUT2D eigenvalue weighted by Crippen LogP contribution is -2.34. The average Bonchev–Trinajstić information content (AvgIpc) is 3.06. The summed E-state index contributed by atoms with van der Waals surface area (Å²) < 4.78 is 75.0. The van der Waals surface area contributed by atoms with E-state index in [-0.39, 0.29) is 0 Å². The summed E-state index contributed by atoms with van der Waals surface area (Å²) >= 11 is 0. The van der Waals surface area contributed by atoms with Crippen LogP contribution in [0.4, 0.5) is 0 Å². The van der Waals surface area contributed by atoms with Crippen molar-refractivity contribution in [1.82, 2.24) is 0 Å². The summed E-state index contributed by atoms with van der Waals surface area (Å²) in [5.41, 5.74) is 0. The molecule has 204 valence electrons. The molecule has 8 N–H and O–H groups in total. The molecule has 2 heterocycles. The van der Waals surface area contributed by atoms with Crippen LogP contribution in [0.25, 0.3) is 0 Å². The van der Waals surface area contributed by atoms with E-state index in [4.69, 9.17) is 9.47 Å². The Morgan fingerprint density at radius 3 is 1.20 bits per heavy atom. The number of aliphatic hydroxyl groups excluding tert-OH is 4. The van der Waals surface area contributed by atoms with Crippen molar-refractivity contribution in [2.24, 2.45) is 0 Å². The predicted molar refractivity (Wildman–Crippen MR) is 117 cm³/mol. The van der Waals surface area contributed by atoms with Gasteiger partial charge >= 0.3 is 30.8 Å². The fourth-order valence-corrected chi connectivity index (χ4v) is 9.90. The van der Waals surface area contributed by atoms with Crippen molar-refractivity contribution in [2.75, 3.05) is 19.1 Å². The molecule has 12 atom stereocenters. The third kappa shape index (κ3) is 9.32. The molecule has 2 aliphatic rings. The van der Waals surface area contributed by atoms with Crippen molar-refractivity contribution in [2.45, 2.75) is 48.6 Å². The highest BCUT2D eigenvalue weighted by Crippen LogP contribution is 2.70. The first-order valence-corrected chi connectivity index (χ1v) is 16.3. The number of phosphoric acid groups is 2. The van der Waals surface area contributed by atoms with Gasteiger partial charge in [0.1, 0.15) is 52.3 Å². The van der Waals surface area contributed by atoms with Crippen molar-refractivity contribution < 1.29 is 85.4 Å². The highest BCUT2D eigenvalue weighted by Gasteiger charge is 2.47. The van der Waals surface area contributed by atoms with E-state index < -0.39 is 98.6 Å². The molecule has 0 amide bonds. The minimum absolute atomic E-state index is 0.854. The topological polar surface area (TPSA) is 285 Å². The lowest BCUT2D eigenvalue weighted by molar-refractivity contribution is -0.00834. The second-order valence-electron chi connectivity index (χ2n) is 7.83. The van der Waals surface area contributed by atoms with Crippen molar-refractivity contribution >= 4 is 46.5 Å². The summed E-state index contributed by atoms with van der Waals surface area (Å²) in [5, 5.41) is 38.6. The minimum Gasteiger partial charge on any atom is -0.388 e. The van der Waals surface area contributed by atoms with Crippen LogP contribution in [0.2, 0.25) is 0 Å². The highest BCUT2D eigenvalue weighted by molar-refractivity contribution is 7.76. The maximum absolute atomic E-state index is 12.1. The Bertz CT molecular complexity index is 864. The first-order chi connectivity index (χ1) is 15.7. The van der Waals surface area contributed by atoms with Gasteiger partial charge in [0.15, 0.2) is 5.90 Å². The Labute approximate surface area is 200 Å². The average molecular weight is 592 g/mol. The second kappa shape index (κ2) is 11.7. The summed E-state index contributed by atoms with van der Waals surface area (Å²) in [5.74, 6) is -1.95. The van der Waals surface area contributed by atoms with E-state index in [2.05, 4.69) is 17.7 Å². The maximum Gasteiger partial charge on any atom is 0.479 e. The van der Waals surface area contributed by atoms with E-state index in [0.29, 0.717) is 0 Å². The Morgan fingerprint density at radius 2 is 0.943 bits per heavy atom. The Kier molecular flexibility index (Phi) is 10.6. The maximum atomic E-state index is 12.1. The van der Waals surface area contributed by atoms with E-state index >= 15 is 0 Å². The van der Waals surface area contributed by atoms with Crippen LogP contribution >= 0.6 is 30.8 Å². The number of ether oxygens (including phenoxy) is 2. The molecule has 0 radical (unpaired) electrons. The van der Waals surface area contributed by atoms with E-state index in [9.17, 15) is 58.3 Å². The van der Waals surface area contributed by atoms with Crippen LogP contribution in [0.15, 0.2) is 0 Å². The minimum atomic E-state index is -5.50. The van der Waals surface area contributed by atoms with Crippen LogP contribution < -0.4 is 0 Å². The molecule has 0 aliphatic carbocycles. The largest absolute Gasteiger partial charge is 0.479 e. The molecule has 18 nitrogen and oxygen atoms in total. The van der Waals surface area contributed by atoms with Crippen molar-refractivity contribution in [3.63, 3.8) is 0 Å². The van der Waals surface area contributed by atoms with Gasteiger partial charge in [-0.3, -0.25) is 18.2 Å². The predicted octanol–water partition coefficient (Wildman–Crippen LogP) is -4.26. The van der Waals surface area contributed by atoms with Crippen molar-refractivity contribution in [3.05, 3.63) is 0 Å². The number of aliphatic hydroxyl groups is 4. The van der Waals surface area contributed by atoms with Gasteiger partial charge in [-0.25, -0.2) is 17.8 Å². The lowest BCUT2D eigenvalue weighted by Gasteiger charge is -2.22. The normalized spacial score (nSPS) is 40.5. The smallest absolute Gasteiger partial charge is 0.388 e. The first kappa shape index (κ1) is 31.7. The quantitative estimate of drug-likeness (QED) is 0.0787. The first-order valence-electron chi connectivity index (χ1n) is 9.78. The van der Waals surface area contributed by atoms with Crippen LogP contribution in [0.3, 0.4) is 0 Å². The molecule has 0 aromatic rings. The Morgan fingerprint density at radius 1 is 0.629 bits per heavy atom. The van der Waals surface area contributed by atoms with Gasteiger partial charge < -0.3 is 49.5 Å². The van der Waals surface area contributed by atoms with Crippen LogP contribution in [0.5, 0.6) is 0 Å². The molecular formula is C11H26B2O18P4. The van der Waals surface area contributed by atoms with Crippen molar-refractivity contribution in [3.8, 4) is 0 Å². The molecule has 0 saturated carbocycles. The third-order valence-corrected chi connectivity index (χ3v) is 12.3. The number of rotatable bonds is 12. The molecule has 2 fully saturated rings. The van der Waals surface area contributed by atoms with E-state index in [1.165, 1.54) is 15.7 Å². The van der Waals surface area contributed by atoms with Gasteiger partial charge in [-0.05, 0) is 0 Å². The zero-order chi connectivity index (χ0) is 27.0. The Balaban J connectivity index is 1.89. The second-order valence-corrected chi connectivity index (χ2v) is 15.2. The highest BCUT2D eigenvalue weighted by atomic mass is 31.3. The van der Waals surface area contributed by atoms with E-state index in [0.717, 1.165) is 0 Å². The fourth-order valence-electron chi connectivity index (χ4n) is 3.13. The zero-order valence-corrected chi connectivity index (χ0v) is 21.8. The molecule has 0 spiro atoms. The number of hydrogen-bond donors (Lipinski definition) is 8. The van der Waals surface area contributed by atoms with E-state index in [1.807, 2.05) is 0 Å². The fraction of sp³-hybridized carbons (Fsp3) is 1.00. The van der Waals surface area contributed by atoms with Crippen molar-refractivity contribution in [1.29, 1.82) is 0 Å². The molecule has 0 aromatic carbocycles. The Hall–Kier alpha value is 0.490. The molecule has 2 aliphatic heterocycles. The monoisotopic (exact) mass is 592 g/mol. The molecule has 7 unspecified atom stereocenters. The van der Waals surface area contributed by atoms with Gasteiger partial charge in [0.2, 0.25) is 0 Å².